The zero-order chi connectivity index (χ0) is 8.74. The summed E-state index contributed by atoms with van der Waals surface area (Å²) >= 11 is 5.53. The minimum absolute atomic E-state index is 0.605. The van der Waals surface area contributed by atoms with Crippen LogP contribution in [0.5, 0.6) is 0 Å². The van der Waals surface area contributed by atoms with Gasteiger partial charge in [-0.2, -0.15) is 10.0 Å². The van der Waals surface area contributed by atoms with Crippen LogP contribution in [-0.2, 0) is 0 Å². The summed E-state index contributed by atoms with van der Waals surface area (Å²) in [7, 11) is -0.605. The summed E-state index contributed by atoms with van der Waals surface area (Å²) in [5.74, 6) is 3.96. The van der Waals surface area contributed by atoms with Crippen LogP contribution in [0.25, 0.3) is 0 Å². The van der Waals surface area contributed by atoms with Crippen LogP contribution in [0.2, 0.25) is 0 Å². The first-order valence-electron chi connectivity index (χ1n) is 3.80. The van der Waals surface area contributed by atoms with Crippen LogP contribution < -0.4 is 0 Å². The summed E-state index contributed by atoms with van der Waals surface area (Å²) in [6, 6.07) is 0. The lowest BCUT2D eigenvalue weighted by molar-refractivity contribution is 0.834. The van der Waals surface area contributed by atoms with E-state index in [0.717, 1.165) is 25.1 Å². The molecule has 0 N–H and O–H groups in total. The van der Waals surface area contributed by atoms with Crippen molar-refractivity contribution in [2.75, 3.05) is 24.6 Å². The second-order valence-corrected chi connectivity index (χ2v) is 7.52. The molecule has 0 aliphatic carbocycles. The summed E-state index contributed by atoms with van der Waals surface area (Å²) in [5.41, 5.74) is 0. The maximum Gasteiger partial charge on any atom is 0.0223 e. The molecule has 0 spiro atoms. The van der Waals surface area contributed by atoms with E-state index in [2.05, 4.69) is 29.9 Å². The van der Waals surface area contributed by atoms with Gasteiger partial charge >= 0.3 is 0 Å². The molecular formula is C9H17ClS. The number of halogens is 1. The van der Waals surface area contributed by atoms with E-state index in [0.29, 0.717) is 0 Å². The van der Waals surface area contributed by atoms with Gasteiger partial charge in [-0.25, -0.2) is 0 Å². The lowest BCUT2D eigenvalue weighted by Gasteiger charge is -2.14. The zero-order valence-corrected chi connectivity index (χ0v) is 9.19. The second kappa shape index (κ2) is 5.80. The van der Waals surface area contributed by atoms with E-state index < -0.39 is 10.0 Å². The monoisotopic (exact) mass is 192 g/mol. The topological polar surface area (TPSA) is 0 Å². The highest BCUT2D eigenvalue weighted by atomic mass is 35.5. The lowest BCUT2D eigenvalue weighted by atomic mass is 10.3. The van der Waals surface area contributed by atoms with Crippen LogP contribution >= 0.6 is 21.6 Å². The van der Waals surface area contributed by atoms with E-state index in [1.807, 2.05) is 0 Å². The molecular weight excluding hydrogens is 176 g/mol. The van der Waals surface area contributed by atoms with E-state index in [9.17, 15) is 0 Å². The second-order valence-electron chi connectivity index (χ2n) is 3.26. The van der Waals surface area contributed by atoms with Crippen molar-refractivity contribution in [1.29, 1.82) is 0 Å². The van der Waals surface area contributed by atoms with Gasteiger partial charge in [0.05, 0.1) is 0 Å². The Morgan fingerprint density at radius 1 is 1.18 bits per heavy atom. The highest BCUT2D eigenvalue weighted by Crippen LogP contribution is 2.32. The maximum atomic E-state index is 5.53. The third kappa shape index (κ3) is 10.2. The minimum Gasteiger partial charge on any atom is -0.186 e. The predicted molar refractivity (Wildman–Crippen MR) is 57.7 cm³/mol. The number of rotatable bonds is 3. The van der Waals surface area contributed by atoms with Crippen molar-refractivity contribution in [3.63, 3.8) is 0 Å². The van der Waals surface area contributed by atoms with Crippen molar-refractivity contribution in [2.24, 2.45) is 0 Å². The Morgan fingerprint density at radius 2 is 1.82 bits per heavy atom. The van der Waals surface area contributed by atoms with Crippen molar-refractivity contribution < 1.29 is 0 Å². The molecule has 11 heavy (non-hydrogen) atoms. The molecule has 0 atom stereocenters. The molecule has 0 bridgehead atoms. The van der Waals surface area contributed by atoms with Gasteiger partial charge in [0.15, 0.2) is 0 Å². The third-order valence-corrected chi connectivity index (χ3v) is 2.09. The van der Waals surface area contributed by atoms with E-state index >= 15 is 0 Å². The summed E-state index contributed by atoms with van der Waals surface area (Å²) in [6.07, 6.45) is 9.88. The molecule has 0 unspecified atom stereocenters. The third-order valence-electron chi connectivity index (χ3n) is 1.06. The zero-order valence-electron chi connectivity index (χ0n) is 7.61. The summed E-state index contributed by atoms with van der Waals surface area (Å²) in [6.45, 7) is 0. The van der Waals surface area contributed by atoms with Gasteiger partial charge in [0.25, 0.3) is 0 Å². The minimum atomic E-state index is -0.605. The molecule has 0 aromatic carbocycles. The Kier molecular flexibility index (Phi) is 5.91. The first-order valence-corrected chi connectivity index (χ1v) is 7.19. The number of unbranched alkanes of at least 4 members (excludes halogenated alkanes) is 2. The van der Waals surface area contributed by atoms with Gasteiger partial charge in [0.2, 0.25) is 0 Å². The van der Waals surface area contributed by atoms with Crippen molar-refractivity contribution in [3.8, 4) is 11.2 Å². The normalized spacial score (nSPS) is 12.0. The van der Waals surface area contributed by atoms with Gasteiger partial charge in [0, 0.05) is 12.3 Å². The summed E-state index contributed by atoms with van der Waals surface area (Å²) in [5, 5.41) is 3.27. The number of alkyl halides is 1. The molecule has 0 radical (unpaired) electrons. The first-order chi connectivity index (χ1) is 5.06. The smallest absolute Gasteiger partial charge is 0.0223 e. The van der Waals surface area contributed by atoms with Crippen LogP contribution in [0, 0.1) is 11.2 Å². The highest BCUT2D eigenvalue weighted by molar-refractivity contribution is 8.35. The van der Waals surface area contributed by atoms with Gasteiger partial charge in [0.1, 0.15) is 0 Å². The first kappa shape index (κ1) is 11.2. The van der Waals surface area contributed by atoms with Crippen molar-refractivity contribution in [3.05, 3.63) is 0 Å². The van der Waals surface area contributed by atoms with Crippen LogP contribution in [0.15, 0.2) is 0 Å². The number of hydrogen-bond acceptors (Lipinski definition) is 0. The average molecular weight is 193 g/mol. The molecule has 0 aromatic heterocycles. The Hall–Kier alpha value is 0.200. The average Bonchev–Trinajstić information content (AvgIpc) is 1.85. The Labute approximate surface area is 77.0 Å². The molecule has 66 valence electrons. The molecule has 0 aliphatic heterocycles. The molecule has 0 saturated heterocycles. The van der Waals surface area contributed by atoms with Gasteiger partial charge in [-0.05, 0) is 31.6 Å². The van der Waals surface area contributed by atoms with Crippen molar-refractivity contribution >= 4 is 21.6 Å². The molecule has 0 fully saturated rings. The molecule has 0 nitrogen and oxygen atoms in total. The van der Waals surface area contributed by atoms with E-state index in [4.69, 9.17) is 11.6 Å². The Morgan fingerprint density at radius 3 is 2.27 bits per heavy atom. The standard InChI is InChI=1S/C9H17ClS/c1-11(2,3)9-7-5-4-6-8-10/h4-6,8H2,1-3H3. The number of hydrogen-bond donors (Lipinski definition) is 0. The molecule has 0 rings (SSSR count). The van der Waals surface area contributed by atoms with Crippen LogP contribution in [0.4, 0.5) is 0 Å². The van der Waals surface area contributed by atoms with Crippen molar-refractivity contribution in [1.82, 2.24) is 0 Å². The predicted octanol–water partition coefficient (Wildman–Crippen LogP) is 3.05. The van der Waals surface area contributed by atoms with Crippen LogP contribution in [0.1, 0.15) is 19.3 Å². The largest absolute Gasteiger partial charge is 0.186 e. The summed E-state index contributed by atoms with van der Waals surface area (Å²) in [4.78, 5) is 0. The van der Waals surface area contributed by atoms with Gasteiger partial charge < -0.3 is 0 Å². The molecule has 0 saturated carbocycles. The van der Waals surface area contributed by atoms with Crippen LogP contribution in [0.3, 0.4) is 0 Å². The Balaban J connectivity index is 3.41. The fourth-order valence-electron chi connectivity index (χ4n) is 0.575. The van der Waals surface area contributed by atoms with E-state index in [-0.39, 0.29) is 0 Å². The quantitative estimate of drug-likeness (QED) is 0.366. The van der Waals surface area contributed by atoms with E-state index in [1.54, 1.807) is 0 Å². The molecule has 0 aromatic rings. The molecule has 0 heterocycles. The molecule has 0 aliphatic rings. The Bertz CT molecular complexity index is 147. The fourth-order valence-corrected chi connectivity index (χ4v) is 1.30. The van der Waals surface area contributed by atoms with Crippen molar-refractivity contribution in [2.45, 2.75) is 19.3 Å². The van der Waals surface area contributed by atoms with Gasteiger partial charge in [-0.3, -0.25) is 0 Å². The van der Waals surface area contributed by atoms with E-state index in [1.165, 1.54) is 0 Å². The molecule has 0 amide bonds. The fraction of sp³-hybridized carbons (Fsp3) is 0.778. The maximum absolute atomic E-state index is 5.53. The van der Waals surface area contributed by atoms with Gasteiger partial charge in [-0.1, -0.05) is 11.2 Å². The summed E-state index contributed by atoms with van der Waals surface area (Å²) < 4.78 is 0. The highest BCUT2D eigenvalue weighted by Gasteiger charge is 1.94. The lowest BCUT2D eigenvalue weighted by Crippen LogP contribution is -1.84. The van der Waals surface area contributed by atoms with Gasteiger partial charge in [-0.15, -0.1) is 11.6 Å². The van der Waals surface area contributed by atoms with Crippen LogP contribution in [-0.4, -0.2) is 24.6 Å². The SMILES string of the molecule is CS(C)(C)C#CCCCCCl. The molecule has 2 heteroatoms.